The Morgan fingerprint density at radius 2 is 1.64 bits per heavy atom. The zero-order chi connectivity index (χ0) is 27.8. The van der Waals surface area contributed by atoms with Crippen molar-refractivity contribution in [2.45, 2.75) is 64.3 Å². The SMILES string of the molecule is CN(c1ccc(-c2cc3ccc(C=O)cc3cc2OCc2ccccc2)nn1)C1CC(C)(C)N(C)C(C)(C)C1. The number of hydrogen-bond donors (Lipinski definition) is 0. The van der Waals surface area contributed by atoms with Gasteiger partial charge in [0.25, 0.3) is 0 Å². The lowest BCUT2D eigenvalue weighted by Gasteiger charge is -2.55. The summed E-state index contributed by atoms with van der Waals surface area (Å²) in [6.07, 6.45) is 2.97. The predicted molar refractivity (Wildman–Crippen MR) is 158 cm³/mol. The van der Waals surface area contributed by atoms with Crippen molar-refractivity contribution in [3.63, 3.8) is 0 Å². The monoisotopic (exact) mass is 522 g/mol. The molecule has 0 atom stereocenters. The van der Waals surface area contributed by atoms with Gasteiger partial charge in [-0.2, -0.15) is 0 Å². The van der Waals surface area contributed by atoms with Crippen LogP contribution < -0.4 is 9.64 Å². The van der Waals surface area contributed by atoms with Gasteiger partial charge in [0.05, 0.1) is 5.69 Å². The summed E-state index contributed by atoms with van der Waals surface area (Å²) in [5.41, 5.74) is 3.52. The fourth-order valence-corrected chi connectivity index (χ4v) is 5.86. The average molecular weight is 523 g/mol. The highest BCUT2D eigenvalue weighted by Gasteiger charge is 2.44. The van der Waals surface area contributed by atoms with Crippen LogP contribution in [0.1, 0.15) is 56.5 Å². The number of carbonyl (C=O) groups excluding carboxylic acids is 1. The molecule has 0 radical (unpaired) electrons. The van der Waals surface area contributed by atoms with Crippen molar-refractivity contribution in [1.29, 1.82) is 0 Å². The van der Waals surface area contributed by atoms with Gasteiger partial charge in [-0.15, -0.1) is 10.2 Å². The maximum atomic E-state index is 11.4. The van der Waals surface area contributed by atoms with Crippen molar-refractivity contribution < 1.29 is 9.53 Å². The number of rotatable bonds is 7. The van der Waals surface area contributed by atoms with E-state index in [-0.39, 0.29) is 11.1 Å². The zero-order valence-electron chi connectivity index (χ0n) is 23.8. The first-order valence-corrected chi connectivity index (χ1v) is 13.6. The van der Waals surface area contributed by atoms with Crippen LogP contribution in [0.3, 0.4) is 0 Å². The van der Waals surface area contributed by atoms with E-state index in [9.17, 15) is 4.79 Å². The molecule has 0 spiro atoms. The molecule has 1 fully saturated rings. The van der Waals surface area contributed by atoms with E-state index in [1.807, 2.05) is 60.7 Å². The van der Waals surface area contributed by atoms with Crippen LogP contribution in [0.2, 0.25) is 0 Å². The van der Waals surface area contributed by atoms with E-state index in [0.717, 1.165) is 52.5 Å². The molecule has 4 aromatic rings. The molecule has 0 saturated carbocycles. The summed E-state index contributed by atoms with van der Waals surface area (Å²) in [5, 5.41) is 11.3. The van der Waals surface area contributed by atoms with E-state index in [2.05, 4.69) is 73.9 Å². The summed E-state index contributed by atoms with van der Waals surface area (Å²) in [5.74, 6) is 1.58. The Hall–Kier alpha value is -3.77. The summed E-state index contributed by atoms with van der Waals surface area (Å²) in [6.45, 7) is 9.70. The van der Waals surface area contributed by atoms with Crippen molar-refractivity contribution in [2.24, 2.45) is 0 Å². The van der Waals surface area contributed by atoms with Crippen molar-refractivity contribution in [3.05, 3.63) is 83.9 Å². The maximum absolute atomic E-state index is 11.4. The molecule has 6 nitrogen and oxygen atoms in total. The smallest absolute Gasteiger partial charge is 0.151 e. The highest BCUT2D eigenvalue weighted by atomic mass is 16.5. The van der Waals surface area contributed by atoms with E-state index in [4.69, 9.17) is 4.74 Å². The number of aldehydes is 1. The second-order valence-corrected chi connectivity index (χ2v) is 12.0. The summed E-state index contributed by atoms with van der Waals surface area (Å²) < 4.78 is 6.32. The van der Waals surface area contributed by atoms with E-state index >= 15 is 0 Å². The van der Waals surface area contributed by atoms with Crippen LogP contribution in [0.5, 0.6) is 5.75 Å². The number of piperidine rings is 1. The van der Waals surface area contributed by atoms with E-state index in [1.165, 1.54) is 0 Å². The fraction of sp³-hybridized carbons (Fsp3) is 0.364. The number of nitrogens with zero attached hydrogens (tertiary/aromatic N) is 4. The molecule has 1 aliphatic heterocycles. The summed E-state index contributed by atoms with van der Waals surface area (Å²) in [4.78, 5) is 16.1. The third-order valence-corrected chi connectivity index (χ3v) is 8.46. The van der Waals surface area contributed by atoms with Crippen LogP contribution in [0.4, 0.5) is 5.82 Å². The van der Waals surface area contributed by atoms with Gasteiger partial charge >= 0.3 is 0 Å². The van der Waals surface area contributed by atoms with Gasteiger partial charge in [0.1, 0.15) is 18.6 Å². The number of hydrogen-bond acceptors (Lipinski definition) is 6. The van der Waals surface area contributed by atoms with Crippen LogP contribution in [0, 0.1) is 0 Å². The number of carbonyl (C=O) groups is 1. The van der Waals surface area contributed by atoms with Crippen LogP contribution in [0.15, 0.2) is 72.8 Å². The molecule has 2 heterocycles. The van der Waals surface area contributed by atoms with E-state index < -0.39 is 0 Å². The molecule has 0 aliphatic carbocycles. The second kappa shape index (κ2) is 10.4. The van der Waals surface area contributed by atoms with Crippen LogP contribution in [0.25, 0.3) is 22.0 Å². The van der Waals surface area contributed by atoms with Crippen LogP contribution in [-0.4, -0.2) is 52.6 Å². The lowest BCUT2D eigenvalue weighted by atomic mass is 9.77. The van der Waals surface area contributed by atoms with Gasteiger partial charge in [-0.25, -0.2) is 0 Å². The van der Waals surface area contributed by atoms with Crippen LogP contribution >= 0.6 is 0 Å². The number of aromatic nitrogens is 2. The molecule has 0 amide bonds. The van der Waals surface area contributed by atoms with Gasteiger partial charge < -0.3 is 9.64 Å². The molecule has 0 bridgehead atoms. The minimum absolute atomic E-state index is 0.0911. The number of likely N-dealkylation sites (tertiary alicyclic amines) is 1. The topological polar surface area (TPSA) is 58.6 Å². The molecule has 1 aliphatic rings. The van der Waals surface area contributed by atoms with Gasteiger partial charge in [0.2, 0.25) is 0 Å². The molecule has 202 valence electrons. The summed E-state index contributed by atoms with van der Waals surface area (Å²) in [7, 11) is 4.35. The number of fused-ring (bicyclic) bond motifs is 1. The standard InChI is InChI=1S/C33H38N4O2/c1-32(2)19-27(20-33(3,4)37(32)6)36(5)31-15-14-29(34-35-31)28-17-25-13-12-24(21-38)16-26(25)18-30(28)39-22-23-10-8-7-9-11-23/h7-18,21,27H,19-20,22H2,1-6H3. The Morgan fingerprint density at radius 1 is 0.923 bits per heavy atom. The third-order valence-electron chi connectivity index (χ3n) is 8.46. The molecule has 3 aromatic carbocycles. The molecule has 1 saturated heterocycles. The zero-order valence-corrected chi connectivity index (χ0v) is 23.8. The quantitative estimate of drug-likeness (QED) is 0.250. The minimum Gasteiger partial charge on any atom is -0.488 e. The normalized spacial score (nSPS) is 17.2. The Kier molecular flexibility index (Phi) is 7.17. The Balaban J connectivity index is 1.46. The molecule has 0 unspecified atom stereocenters. The largest absolute Gasteiger partial charge is 0.488 e. The van der Waals surface area contributed by atoms with Crippen LogP contribution in [-0.2, 0) is 6.61 Å². The fourth-order valence-electron chi connectivity index (χ4n) is 5.86. The third kappa shape index (κ3) is 5.52. The summed E-state index contributed by atoms with van der Waals surface area (Å²) in [6, 6.07) is 24.3. The lowest BCUT2D eigenvalue weighted by Crippen LogP contribution is -2.62. The van der Waals surface area contributed by atoms with Gasteiger partial charge in [-0.05, 0) is 94.3 Å². The molecule has 0 N–H and O–H groups in total. The Labute approximate surface area is 231 Å². The van der Waals surface area contributed by atoms with Gasteiger partial charge in [-0.1, -0.05) is 42.5 Å². The summed E-state index contributed by atoms with van der Waals surface area (Å²) >= 11 is 0. The average Bonchev–Trinajstić information content (AvgIpc) is 2.94. The molecular weight excluding hydrogens is 484 g/mol. The van der Waals surface area contributed by atoms with Crippen molar-refractivity contribution in [1.82, 2.24) is 15.1 Å². The first-order valence-electron chi connectivity index (χ1n) is 13.6. The molecule has 6 heteroatoms. The second-order valence-electron chi connectivity index (χ2n) is 12.0. The highest BCUT2D eigenvalue weighted by Crippen LogP contribution is 2.40. The van der Waals surface area contributed by atoms with Gasteiger partial charge in [0, 0.05) is 35.3 Å². The lowest BCUT2D eigenvalue weighted by molar-refractivity contribution is -0.0120. The molecule has 39 heavy (non-hydrogen) atoms. The first-order chi connectivity index (χ1) is 18.6. The molecular formula is C33H38N4O2. The molecule has 5 rings (SSSR count). The highest BCUT2D eigenvalue weighted by molar-refractivity contribution is 5.93. The van der Waals surface area contributed by atoms with Crippen molar-refractivity contribution in [3.8, 4) is 17.0 Å². The minimum atomic E-state index is 0.0911. The maximum Gasteiger partial charge on any atom is 0.151 e. The van der Waals surface area contributed by atoms with E-state index in [1.54, 1.807) is 0 Å². The number of anilines is 1. The molecule has 1 aromatic heterocycles. The Morgan fingerprint density at radius 3 is 2.28 bits per heavy atom. The van der Waals surface area contributed by atoms with E-state index in [0.29, 0.717) is 24.0 Å². The van der Waals surface area contributed by atoms with Crippen molar-refractivity contribution >= 4 is 22.9 Å². The Bertz CT molecular complexity index is 1450. The number of ether oxygens (including phenoxy) is 1. The predicted octanol–water partition coefficient (Wildman–Crippen LogP) is 6.78. The van der Waals surface area contributed by atoms with Gasteiger partial charge in [0.15, 0.2) is 5.82 Å². The van der Waals surface area contributed by atoms with Gasteiger partial charge in [-0.3, -0.25) is 9.69 Å². The first kappa shape index (κ1) is 26.8. The number of benzene rings is 3. The van der Waals surface area contributed by atoms with Crippen molar-refractivity contribution in [2.75, 3.05) is 19.0 Å².